The van der Waals surface area contributed by atoms with E-state index in [9.17, 15) is 0 Å². The van der Waals surface area contributed by atoms with Gasteiger partial charge < -0.3 is 5.32 Å². The molecule has 2 aromatic rings. The van der Waals surface area contributed by atoms with E-state index in [0.717, 1.165) is 5.82 Å². The maximum Gasteiger partial charge on any atom is 0.153 e. The van der Waals surface area contributed by atoms with Crippen molar-refractivity contribution in [1.29, 1.82) is 0 Å². The SMILES string of the molecule is CNC(C)c1ccc(-n2cccn2)nc1. The number of pyridine rings is 1. The molecule has 0 spiro atoms. The van der Waals surface area contributed by atoms with Crippen LogP contribution in [-0.2, 0) is 0 Å². The molecule has 15 heavy (non-hydrogen) atoms. The molecular formula is C11H14N4. The molecule has 0 radical (unpaired) electrons. The van der Waals surface area contributed by atoms with E-state index in [2.05, 4.69) is 28.4 Å². The van der Waals surface area contributed by atoms with Crippen molar-refractivity contribution >= 4 is 0 Å². The zero-order valence-corrected chi connectivity index (χ0v) is 8.88. The Balaban J connectivity index is 2.25. The van der Waals surface area contributed by atoms with Gasteiger partial charge >= 0.3 is 0 Å². The predicted molar refractivity (Wildman–Crippen MR) is 58.8 cm³/mol. The zero-order chi connectivity index (χ0) is 10.7. The van der Waals surface area contributed by atoms with Crippen LogP contribution in [0, 0.1) is 0 Å². The lowest BCUT2D eigenvalue weighted by Gasteiger charge is -2.10. The van der Waals surface area contributed by atoms with E-state index in [0.29, 0.717) is 6.04 Å². The van der Waals surface area contributed by atoms with Gasteiger partial charge in [0, 0.05) is 24.6 Å². The van der Waals surface area contributed by atoms with Crippen LogP contribution in [0.5, 0.6) is 0 Å². The number of hydrogen-bond acceptors (Lipinski definition) is 3. The second-order valence-corrected chi connectivity index (χ2v) is 3.41. The van der Waals surface area contributed by atoms with E-state index in [4.69, 9.17) is 0 Å². The van der Waals surface area contributed by atoms with Gasteiger partial charge in [-0.1, -0.05) is 6.07 Å². The summed E-state index contributed by atoms with van der Waals surface area (Å²) >= 11 is 0. The number of nitrogens with one attached hydrogen (secondary N) is 1. The lowest BCUT2D eigenvalue weighted by Crippen LogP contribution is -2.12. The van der Waals surface area contributed by atoms with Crippen molar-refractivity contribution in [3.05, 3.63) is 42.4 Å². The lowest BCUT2D eigenvalue weighted by molar-refractivity contribution is 0.648. The van der Waals surface area contributed by atoms with E-state index in [1.54, 1.807) is 10.9 Å². The molecule has 1 N–H and O–H groups in total. The van der Waals surface area contributed by atoms with Crippen LogP contribution in [0.25, 0.3) is 5.82 Å². The number of aromatic nitrogens is 3. The fourth-order valence-corrected chi connectivity index (χ4v) is 1.36. The molecule has 2 heterocycles. The Kier molecular flexibility index (Phi) is 2.78. The largest absolute Gasteiger partial charge is 0.313 e. The average molecular weight is 202 g/mol. The summed E-state index contributed by atoms with van der Waals surface area (Å²) in [6.07, 6.45) is 5.49. The van der Waals surface area contributed by atoms with Crippen molar-refractivity contribution in [2.24, 2.45) is 0 Å². The maximum absolute atomic E-state index is 4.35. The summed E-state index contributed by atoms with van der Waals surface area (Å²) in [7, 11) is 1.94. The Morgan fingerprint density at radius 2 is 2.27 bits per heavy atom. The van der Waals surface area contributed by atoms with E-state index >= 15 is 0 Å². The first-order valence-electron chi connectivity index (χ1n) is 4.94. The molecule has 0 amide bonds. The van der Waals surface area contributed by atoms with Gasteiger partial charge in [0.2, 0.25) is 0 Å². The van der Waals surface area contributed by atoms with Crippen LogP contribution in [-0.4, -0.2) is 21.8 Å². The Morgan fingerprint density at radius 3 is 2.80 bits per heavy atom. The molecule has 0 saturated carbocycles. The molecule has 0 bridgehead atoms. The second kappa shape index (κ2) is 4.23. The topological polar surface area (TPSA) is 42.7 Å². The molecular weight excluding hydrogens is 188 g/mol. The first kappa shape index (κ1) is 9.86. The van der Waals surface area contributed by atoms with E-state index in [-0.39, 0.29) is 0 Å². The quantitative estimate of drug-likeness (QED) is 0.821. The molecule has 0 aromatic carbocycles. The summed E-state index contributed by atoms with van der Waals surface area (Å²) in [6, 6.07) is 6.23. The van der Waals surface area contributed by atoms with Gasteiger partial charge in [0.15, 0.2) is 5.82 Å². The lowest BCUT2D eigenvalue weighted by atomic mass is 10.1. The number of nitrogens with zero attached hydrogens (tertiary/aromatic N) is 3. The van der Waals surface area contributed by atoms with Gasteiger partial charge in [-0.3, -0.25) is 0 Å². The molecule has 0 aliphatic rings. The number of rotatable bonds is 3. The molecule has 1 atom stereocenters. The van der Waals surface area contributed by atoms with Crippen molar-refractivity contribution in [1.82, 2.24) is 20.1 Å². The van der Waals surface area contributed by atoms with Crippen LogP contribution in [0.2, 0.25) is 0 Å². The number of hydrogen-bond donors (Lipinski definition) is 1. The standard InChI is InChI=1S/C11H14N4/c1-9(12-2)10-4-5-11(13-8-10)15-7-3-6-14-15/h3-9,12H,1-2H3. The molecule has 0 aliphatic carbocycles. The van der Waals surface area contributed by atoms with Crippen molar-refractivity contribution < 1.29 is 0 Å². The third-order valence-electron chi connectivity index (χ3n) is 2.44. The van der Waals surface area contributed by atoms with Gasteiger partial charge in [0.25, 0.3) is 0 Å². The highest BCUT2D eigenvalue weighted by Crippen LogP contribution is 2.11. The summed E-state index contributed by atoms with van der Waals surface area (Å²) < 4.78 is 1.74. The molecule has 4 heteroatoms. The fraction of sp³-hybridized carbons (Fsp3) is 0.273. The predicted octanol–water partition coefficient (Wildman–Crippen LogP) is 1.55. The maximum atomic E-state index is 4.35. The van der Waals surface area contributed by atoms with Crippen LogP contribution < -0.4 is 5.32 Å². The monoisotopic (exact) mass is 202 g/mol. The summed E-state index contributed by atoms with van der Waals surface area (Å²) in [6.45, 7) is 2.10. The smallest absolute Gasteiger partial charge is 0.153 e. The minimum atomic E-state index is 0.323. The van der Waals surface area contributed by atoms with Crippen molar-refractivity contribution in [2.45, 2.75) is 13.0 Å². The minimum absolute atomic E-state index is 0.323. The zero-order valence-electron chi connectivity index (χ0n) is 8.88. The molecule has 1 unspecified atom stereocenters. The van der Waals surface area contributed by atoms with Crippen molar-refractivity contribution in [3.63, 3.8) is 0 Å². The highest BCUT2D eigenvalue weighted by atomic mass is 15.3. The van der Waals surface area contributed by atoms with Gasteiger partial charge in [0.05, 0.1) is 0 Å². The molecule has 2 rings (SSSR count). The van der Waals surface area contributed by atoms with Crippen molar-refractivity contribution in [2.75, 3.05) is 7.05 Å². The Bertz CT molecular complexity index is 405. The van der Waals surface area contributed by atoms with Crippen LogP contribution in [0.4, 0.5) is 0 Å². The first-order valence-corrected chi connectivity index (χ1v) is 4.94. The van der Waals surface area contributed by atoms with Gasteiger partial charge in [-0.05, 0) is 31.7 Å². The Labute approximate surface area is 89.0 Å². The molecule has 0 saturated heterocycles. The fourth-order valence-electron chi connectivity index (χ4n) is 1.36. The Hall–Kier alpha value is -1.68. The minimum Gasteiger partial charge on any atom is -0.313 e. The van der Waals surface area contributed by atoms with Gasteiger partial charge in [-0.25, -0.2) is 9.67 Å². The first-order chi connectivity index (χ1) is 7.31. The summed E-state index contributed by atoms with van der Waals surface area (Å²) in [4.78, 5) is 4.35. The molecule has 78 valence electrons. The highest BCUT2D eigenvalue weighted by Gasteiger charge is 2.03. The third kappa shape index (κ3) is 2.05. The summed E-state index contributed by atoms with van der Waals surface area (Å²) in [5.41, 5.74) is 1.17. The van der Waals surface area contributed by atoms with Gasteiger partial charge in [-0.15, -0.1) is 0 Å². The van der Waals surface area contributed by atoms with Gasteiger partial charge in [-0.2, -0.15) is 5.10 Å². The molecule has 0 fully saturated rings. The van der Waals surface area contributed by atoms with Gasteiger partial charge in [0.1, 0.15) is 0 Å². The molecule has 4 nitrogen and oxygen atoms in total. The average Bonchev–Trinajstić information content (AvgIpc) is 2.82. The highest BCUT2D eigenvalue weighted by molar-refractivity contribution is 5.25. The molecule has 2 aromatic heterocycles. The van der Waals surface area contributed by atoms with E-state index in [1.165, 1.54) is 5.56 Å². The Morgan fingerprint density at radius 1 is 1.40 bits per heavy atom. The second-order valence-electron chi connectivity index (χ2n) is 3.41. The third-order valence-corrected chi connectivity index (χ3v) is 2.44. The van der Waals surface area contributed by atoms with Crippen LogP contribution in [0.3, 0.4) is 0 Å². The normalized spacial score (nSPS) is 12.7. The van der Waals surface area contributed by atoms with E-state index < -0.39 is 0 Å². The summed E-state index contributed by atoms with van der Waals surface area (Å²) in [5.74, 6) is 0.840. The van der Waals surface area contributed by atoms with Crippen LogP contribution in [0.1, 0.15) is 18.5 Å². The van der Waals surface area contributed by atoms with Crippen LogP contribution in [0.15, 0.2) is 36.8 Å². The molecule has 0 aliphatic heterocycles. The van der Waals surface area contributed by atoms with Crippen LogP contribution >= 0.6 is 0 Å². The summed E-state index contributed by atoms with van der Waals surface area (Å²) in [5, 5.41) is 7.29. The van der Waals surface area contributed by atoms with E-state index in [1.807, 2.05) is 31.6 Å². The van der Waals surface area contributed by atoms with Crippen molar-refractivity contribution in [3.8, 4) is 5.82 Å².